The zero-order chi connectivity index (χ0) is 24.5. The molecule has 1 fully saturated rings. The average Bonchev–Trinajstić information content (AvgIpc) is 3.14. The lowest BCUT2D eigenvalue weighted by molar-refractivity contribution is -0.165. The fourth-order valence-corrected chi connectivity index (χ4v) is 4.25. The molecule has 33 heavy (non-hydrogen) atoms. The molecule has 2 atom stereocenters. The first-order valence-electron chi connectivity index (χ1n) is 10.5. The molecular formula is C24H26F3N3O3. The maximum atomic E-state index is 13.1. The van der Waals surface area contributed by atoms with E-state index in [0.29, 0.717) is 41.9 Å². The Morgan fingerprint density at radius 3 is 2.64 bits per heavy atom. The number of rotatable bonds is 7. The Hall–Kier alpha value is -3.49. The van der Waals surface area contributed by atoms with Gasteiger partial charge in [-0.1, -0.05) is 31.7 Å². The van der Waals surface area contributed by atoms with Crippen LogP contribution in [0.15, 0.2) is 66.2 Å². The number of carboxylic acid groups (broad SMARTS) is 1. The van der Waals surface area contributed by atoms with Gasteiger partial charge in [-0.3, -0.25) is 9.69 Å². The molecule has 1 amide bonds. The maximum absolute atomic E-state index is 13.1. The number of allylic oxidation sites excluding steroid dienone is 4. The highest BCUT2D eigenvalue weighted by atomic mass is 19.4. The van der Waals surface area contributed by atoms with Crippen LogP contribution in [0.5, 0.6) is 0 Å². The SMILES string of the molecule is C=C(N1CCc2cc(C(F)(F)F)ccc21)N1C(=O)C(C(/C=C\C)=C/C(N)=C/CC)C1C(=O)O. The van der Waals surface area contributed by atoms with Crippen molar-refractivity contribution in [1.82, 2.24) is 4.90 Å². The lowest BCUT2D eigenvalue weighted by atomic mass is 9.80. The molecule has 6 nitrogen and oxygen atoms in total. The number of carbonyl (C=O) groups is 2. The van der Waals surface area contributed by atoms with Gasteiger partial charge in [0.2, 0.25) is 5.91 Å². The summed E-state index contributed by atoms with van der Waals surface area (Å²) in [5.74, 6) is -2.49. The van der Waals surface area contributed by atoms with Crippen LogP contribution in [-0.4, -0.2) is 34.5 Å². The molecule has 3 rings (SSSR count). The number of carboxylic acids is 1. The Labute approximate surface area is 190 Å². The predicted octanol–water partition coefficient (Wildman–Crippen LogP) is 4.21. The second-order valence-corrected chi connectivity index (χ2v) is 7.88. The molecular weight excluding hydrogens is 435 g/mol. The number of hydrogen-bond acceptors (Lipinski definition) is 4. The van der Waals surface area contributed by atoms with Gasteiger partial charge in [0.15, 0.2) is 6.04 Å². The minimum atomic E-state index is -4.46. The van der Waals surface area contributed by atoms with Crippen LogP contribution < -0.4 is 10.6 Å². The number of halogens is 3. The maximum Gasteiger partial charge on any atom is 0.416 e. The van der Waals surface area contributed by atoms with Crippen LogP contribution in [-0.2, 0) is 22.2 Å². The fraction of sp³-hybridized carbons (Fsp3) is 0.333. The van der Waals surface area contributed by atoms with E-state index >= 15 is 0 Å². The number of nitrogens with two attached hydrogens (primary N) is 1. The van der Waals surface area contributed by atoms with Gasteiger partial charge >= 0.3 is 12.1 Å². The minimum absolute atomic E-state index is 0.124. The van der Waals surface area contributed by atoms with E-state index in [1.807, 2.05) is 6.92 Å². The zero-order valence-corrected chi connectivity index (χ0v) is 18.4. The van der Waals surface area contributed by atoms with Gasteiger partial charge in [-0.2, -0.15) is 13.2 Å². The van der Waals surface area contributed by atoms with Gasteiger partial charge in [0, 0.05) is 17.9 Å². The summed E-state index contributed by atoms with van der Waals surface area (Å²) in [5.41, 5.74) is 7.05. The van der Waals surface area contributed by atoms with E-state index in [1.54, 1.807) is 36.1 Å². The normalized spacial score (nSPS) is 21.4. The molecule has 3 N–H and O–H groups in total. The molecule has 2 heterocycles. The molecule has 1 aromatic rings. The summed E-state index contributed by atoms with van der Waals surface area (Å²) in [5, 5.41) is 9.88. The number of likely N-dealkylation sites (tertiary alicyclic amines) is 1. The van der Waals surface area contributed by atoms with Gasteiger partial charge < -0.3 is 15.7 Å². The third-order valence-electron chi connectivity index (χ3n) is 5.73. The van der Waals surface area contributed by atoms with Gasteiger partial charge in [-0.05, 0) is 55.2 Å². The predicted molar refractivity (Wildman–Crippen MR) is 119 cm³/mol. The van der Waals surface area contributed by atoms with Crippen LogP contribution in [0.4, 0.5) is 18.9 Å². The number of fused-ring (bicyclic) bond motifs is 1. The Morgan fingerprint density at radius 1 is 1.36 bits per heavy atom. The molecule has 1 saturated heterocycles. The number of amides is 1. The Morgan fingerprint density at radius 2 is 2.06 bits per heavy atom. The van der Waals surface area contributed by atoms with Gasteiger partial charge in [-0.25, -0.2) is 4.79 Å². The van der Waals surface area contributed by atoms with Crippen molar-refractivity contribution in [3.05, 3.63) is 77.3 Å². The van der Waals surface area contributed by atoms with Crippen LogP contribution in [0, 0.1) is 5.92 Å². The van der Waals surface area contributed by atoms with Crippen molar-refractivity contribution >= 4 is 17.6 Å². The van der Waals surface area contributed by atoms with Crippen LogP contribution in [0.3, 0.4) is 0 Å². The van der Waals surface area contributed by atoms with E-state index in [1.165, 1.54) is 6.07 Å². The van der Waals surface area contributed by atoms with Crippen LogP contribution in [0.25, 0.3) is 0 Å². The lowest BCUT2D eigenvalue weighted by Crippen LogP contribution is -2.65. The number of aliphatic carboxylic acids is 1. The van der Waals surface area contributed by atoms with Crippen molar-refractivity contribution < 1.29 is 27.9 Å². The Bertz CT molecular complexity index is 1070. The highest BCUT2D eigenvalue weighted by molar-refractivity contribution is 6.00. The van der Waals surface area contributed by atoms with E-state index in [4.69, 9.17) is 5.73 Å². The molecule has 2 aliphatic rings. The first-order valence-corrected chi connectivity index (χ1v) is 10.5. The van der Waals surface area contributed by atoms with Crippen molar-refractivity contribution in [2.24, 2.45) is 11.7 Å². The number of nitrogens with zero attached hydrogens (tertiary/aromatic N) is 2. The number of anilines is 1. The molecule has 1 aromatic carbocycles. The topological polar surface area (TPSA) is 86.9 Å². The highest BCUT2D eigenvalue weighted by Crippen LogP contribution is 2.42. The molecule has 176 valence electrons. The number of benzene rings is 1. The summed E-state index contributed by atoms with van der Waals surface area (Å²) in [4.78, 5) is 27.9. The standard InChI is InChI=1S/C24H26F3N3O3/c1-4-6-16(13-18(28)7-5-2)20-21(23(32)33)30(22(20)31)14(3)29-11-10-15-12-17(24(25,26)27)8-9-19(15)29/h4,6-9,12-13,20-21H,3,5,10-11,28H2,1-2H3,(H,32,33)/b6-4-,16-13+,18-7-. The van der Waals surface area contributed by atoms with E-state index < -0.39 is 35.6 Å². The molecule has 0 radical (unpaired) electrons. The number of alkyl halides is 3. The first kappa shape index (κ1) is 24.2. The van der Waals surface area contributed by atoms with Crippen molar-refractivity contribution in [1.29, 1.82) is 0 Å². The third-order valence-corrected chi connectivity index (χ3v) is 5.73. The number of β-lactam (4-membered cyclic amide) rings is 1. The molecule has 9 heteroatoms. The highest BCUT2D eigenvalue weighted by Gasteiger charge is 2.55. The second kappa shape index (κ2) is 9.17. The number of carbonyl (C=O) groups excluding carboxylic acids is 1. The molecule has 2 aliphatic heterocycles. The summed E-state index contributed by atoms with van der Waals surface area (Å²) in [7, 11) is 0. The molecule has 0 spiro atoms. The van der Waals surface area contributed by atoms with E-state index in [2.05, 4.69) is 6.58 Å². The van der Waals surface area contributed by atoms with Gasteiger partial charge in [0.25, 0.3) is 0 Å². The van der Waals surface area contributed by atoms with Crippen LogP contribution in [0.2, 0.25) is 0 Å². The zero-order valence-electron chi connectivity index (χ0n) is 18.4. The largest absolute Gasteiger partial charge is 0.480 e. The second-order valence-electron chi connectivity index (χ2n) is 7.88. The van der Waals surface area contributed by atoms with Crippen LogP contribution in [0.1, 0.15) is 31.4 Å². The quantitative estimate of drug-likeness (QED) is 0.469. The van der Waals surface area contributed by atoms with Gasteiger partial charge in [-0.15, -0.1) is 0 Å². The molecule has 0 bridgehead atoms. The van der Waals surface area contributed by atoms with Gasteiger partial charge in [0.05, 0.1) is 11.5 Å². The van der Waals surface area contributed by atoms with Crippen molar-refractivity contribution in [2.45, 2.75) is 38.9 Å². The Balaban J connectivity index is 1.91. The summed E-state index contributed by atoms with van der Waals surface area (Å²) in [6.07, 6.45) is 3.24. The third kappa shape index (κ3) is 4.53. The summed E-state index contributed by atoms with van der Waals surface area (Å²) >= 11 is 0. The van der Waals surface area contributed by atoms with Crippen molar-refractivity contribution in [3.8, 4) is 0 Å². The van der Waals surface area contributed by atoms with Crippen molar-refractivity contribution in [3.63, 3.8) is 0 Å². The Kier molecular flexibility index (Phi) is 6.71. The lowest BCUT2D eigenvalue weighted by Gasteiger charge is -2.47. The van der Waals surface area contributed by atoms with E-state index in [0.717, 1.165) is 17.0 Å². The number of hydrogen-bond donors (Lipinski definition) is 2. The molecule has 0 aromatic heterocycles. The fourth-order valence-electron chi connectivity index (χ4n) is 4.25. The van der Waals surface area contributed by atoms with E-state index in [-0.39, 0.29) is 5.82 Å². The minimum Gasteiger partial charge on any atom is -0.480 e. The molecule has 2 unspecified atom stereocenters. The average molecular weight is 461 g/mol. The molecule has 0 aliphatic carbocycles. The summed E-state index contributed by atoms with van der Waals surface area (Å²) in [6, 6.07) is 2.17. The van der Waals surface area contributed by atoms with E-state index in [9.17, 15) is 27.9 Å². The van der Waals surface area contributed by atoms with Gasteiger partial charge in [0.1, 0.15) is 5.82 Å². The first-order chi connectivity index (χ1) is 15.5. The smallest absolute Gasteiger partial charge is 0.416 e. The monoisotopic (exact) mass is 461 g/mol. The van der Waals surface area contributed by atoms with Crippen LogP contribution >= 0.6 is 0 Å². The summed E-state index contributed by atoms with van der Waals surface area (Å²) in [6.45, 7) is 7.86. The molecule has 0 saturated carbocycles. The summed E-state index contributed by atoms with van der Waals surface area (Å²) < 4.78 is 39.1. The van der Waals surface area contributed by atoms with Crippen molar-refractivity contribution in [2.75, 3.05) is 11.4 Å².